The van der Waals surface area contributed by atoms with Gasteiger partial charge in [0.25, 0.3) is 5.91 Å². The molecule has 2 aromatic rings. The maximum atomic E-state index is 12.7. The van der Waals surface area contributed by atoms with Crippen LogP contribution in [0.15, 0.2) is 34.0 Å². The van der Waals surface area contributed by atoms with Gasteiger partial charge in [-0.1, -0.05) is 37.7 Å². The lowest BCUT2D eigenvalue weighted by atomic mass is 9.91. The van der Waals surface area contributed by atoms with Crippen molar-refractivity contribution in [2.24, 2.45) is 11.8 Å². The van der Waals surface area contributed by atoms with E-state index in [2.05, 4.69) is 36.3 Å². The summed E-state index contributed by atoms with van der Waals surface area (Å²) in [6, 6.07) is 8.07. The number of rotatable bonds is 4. The van der Waals surface area contributed by atoms with Gasteiger partial charge >= 0.3 is 0 Å². The number of hydrogen-bond donors (Lipinski definition) is 0. The Bertz CT molecular complexity index is 686. The van der Waals surface area contributed by atoms with Crippen molar-refractivity contribution in [2.45, 2.75) is 37.3 Å². The van der Waals surface area contributed by atoms with Gasteiger partial charge in [-0.25, -0.2) is 4.98 Å². The smallest absolute Gasteiger partial charge is 0.253 e. The molecule has 1 aromatic heterocycles. The number of carbonyl (C=O) groups is 1. The molecule has 2 unspecified atom stereocenters. The number of hydrogen-bond acceptors (Lipinski definition) is 4. The summed E-state index contributed by atoms with van der Waals surface area (Å²) in [4.78, 5) is 19.2. The third-order valence-corrected chi connectivity index (χ3v) is 6.53. The first kappa shape index (κ1) is 17.5. The van der Waals surface area contributed by atoms with Gasteiger partial charge in [0.2, 0.25) is 0 Å². The minimum absolute atomic E-state index is 0.170. The number of aromatic nitrogens is 1. The summed E-state index contributed by atoms with van der Waals surface area (Å²) in [5.41, 5.74) is 3.10. The number of carbonyl (C=O) groups excluding carboxylic acids is 1. The molecule has 3 rings (SSSR count). The largest absolute Gasteiger partial charge is 0.338 e. The first-order valence-electron chi connectivity index (χ1n) is 8.44. The number of piperidine rings is 1. The van der Waals surface area contributed by atoms with Crippen LogP contribution in [0, 0.1) is 18.8 Å². The van der Waals surface area contributed by atoms with Crippen LogP contribution in [0.5, 0.6) is 0 Å². The van der Waals surface area contributed by atoms with Crippen molar-refractivity contribution in [1.29, 1.82) is 0 Å². The molecule has 0 saturated carbocycles. The Hall–Kier alpha value is -1.33. The Morgan fingerprint density at radius 2 is 1.92 bits per heavy atom. The van der Waals surface area contributed by atoms with Crippen molar-refractivity contribution in [1.82, 2.24) is 9.88 Å². The normalized spacial score (nSPS) is 21.0. The van der Waals surface area contributed by atoms with Crippen LogP contribution in [0.25, 0.3) is 0 Å². The van der Waals surface area contributed by atoms with Crippen molar-refractivity contribution in [3.8, 4) is 0 Å². The summed E-state index contributed by atoms with van der Waals surface area (Å²) < 4.78 is 1.10. The molecular formula is C19H24N2OS2. The van der Waals surface area contributed by atoms with Crippen molar-refractivity contribution < 1.29 is 4.79 Å². The number of amides is 1. The first-order valence-corrected chi connectivity index (χ1v) is 10.3. The highest BCUT2D eigenvalue weighted by Gasteiger charge is 2.25. The first-order chi connectivity index (χ1) is 11.5. The number of nitrogens with zero attached hydrogens (tertiary/aromatic N) is 2. The van der Waals surface area contributed by atoms with Gasteiger partial charge in [0.15, 0.2) is 0 Å². The zero-order valence-electron chi connectivity index (χ0n) is 14.5. The summed E-state index contributed by atoms with van der Waals surface area (Å²) in [5.74, 6) is 2.24. The van der Waals surface area contributed by atoms with E-state index in [1.165, 1.54) is 12.0 Å². The summed E-state index contributed by atoms with van der Waals surface area (Å²) in [7, 11) is 0. The maximum absolute atomic E-state index is 12.7. The quantitative estimate of drug-likeness (QED) is 0.730. The molecule has 3 nitrogen and oxygen atoms in total. The Morgan fingerprint density at radius 3 is 2.50 bits per heavy atom. The van der Waals surface area contributed by atoms with Gasteiger partial charge in [-0.2, -0.15) is 0 Å². The molecule has 0 spiro atoms. The molecule has 1 aromatic carbocycles. The number of aryl methyl sites for hydroxylation is 1. The van der Waals surface area contributed by atoms with Gasteiger partial charge in [0.1, 0.15) is 4.34 Å². The SMILES string of the molecule is Cc1csc(SCc2ccc(C(=O)N3CC(C)CC(C)C3)cc2)n1. The number of thiazole rings is 1. The second-order valence-corrected chi connectivity index (χ2v) is 8.98. The van der Waals surface area contributed by atoms with Crippen molar-refractivity contribution in [3.05, 3.63) is 46.5 Å². The monoisotopic (exact) mass is 360 g/mol. The van der Waals surface area contributed by atoms with Crippen LogP contribution in [0.4, 0.5) is 0 Å². The van der Waals surface area contributed by atoms with Crippen LogP contribution in [-0.2, 0) is 5.75 Å². The molecule has 0 aliphatic carbocycles. The lowest BCUT2D eigenvalue weighted by Crippen LogP contribution is -2.42. The average Bonchev–Trinajstić information content (AvgIpc) is 2.97. The van der Waals surface area contributed by atoms with Crippen LogP contribution in [0.1, 0.15) is 41.9 Å². The predicted molar refractivity (Wildman–Crippen MR) is 102 cm³/mol. The van der Waals surface area contributed by atoms with E-state index in [1.54, 1.807) is 23.1 Å². The highest BCUT2D eigenvalue weighted by molar-refractivity contribution is 8.00. The summed E-state index contributed by atoms with van der Waals surface area (Å²) in [6.07, 6.45) is 1.22. The van der Waals surface area contributed by atoms with E-state index in [0.29, 0.717) is 11.8 Å². The summed E-state index contributed by atoms with van der Waals surface area (Å²) >= 11 is 3.44. The number of thioether (sulfide) groups is 1. The van der Waals surface area contributed by atoms with Gasteiger partial charge in [0, 0.05) is 35.5 Å². The maximum Gasteiger partial charge on any atom is 0.253 e. The molecule has 1 amide bonds. The topological polar surface area (TPSA) is 33.2 Å². The van der Waals surface area contributed by atoms with E-state index in [9.17, 15) is 4.79 Å². The van der Waals surface area contributed by atoms with Crippen LogP contribution < -0.4 is 0 Å². The van der Waals surface area contributed by atoms with Crippen molar-refractivity contribution in [3.63, 3.8) is 0 Å². The van der Waals surface area contributed by atoms with E-state index >= 15 is 0 Å². The second kappa shape index (κ2) is 7.70. The fourth-order valence-corrected chi connectivity index (χ4v) is 5.10. The van der Waals surface area contributed by atoms with Crippen molar-refractivity contribution in [2.75, 3.05) is 13.1 Å². The van der Waals surface area contributed by atoms with Crippen LogP contribution in [0.2, 0.25) is 0 Å². The number of benzene rings is 1. The van der Waals surface area contributed by atoms with E-state index in [4.69, 9.17) is 0 Å². The third kappa shape index (κ3) is 4.39. The molecule has 1 aliphatic rings. The molecule has 0 bridgehead atoms. The van der Waals surface area contributed by atoms with Crippen molar-refractivity contribution >= 4 is 29.0 Å². The van der Waals surface area contributed by atoms with Crippen LogP contribution in [0.3, 0.4) is 0 Å². The van der Waals surface area contributed by atoms with Gasteiger partial charge < -0.3 is 4.90 Å². The van der Waals surface area contributed by atoms with Gasteiger partial charge in [-0.05, 0) is 42.9 Å². The molecule has 1 aliphatic heterocycles. The van der Waals surface area contributed by atoms with Crippen LogP contribution >= 0.6 is 23.1 Å². The van der Waals surface area contributed by atoms with Gasteiger partial charge in [0.05, 0.1) is 0 Å². The summed E-state index contributed by atoms with van der Waals surface area (Å²) in [5, 5.41) is 2.07. The lowest BCUT2D eigenvalue weighted by molar-refractivity contribution is 0.0623. The predicted octanol–water partition coefficient (Wildman–Crippen LogP) is 4.86. The lowest BCUT2D eigenvalue weighted by Gasteiger charge is -2.35. The van der Waals surface area contributed by atoms with E-state index in [0.717, 1.165) is 34.4 Å². The molecule has 2 heterocycles. The fourth-order valence-electron chi connectivity index (χ4n) is 3.30. The third-order valence-electron chi connectivity index (χ3n) is 4.32. The molecule has 2 atom stereocenters. The minimum atomic E-state index is 0.170. The van der Waals surface area contributed by atoms with E-state index in [-0.39, 0.29) is 5.91 Å². The standard InChI is InChI=1S/C19H24N2OS2/c1-13-8-14(2)10-21(9-13)18(22)17-6-4-16(5-7-17)12-24-19-20-15(3)11-23-19/h4-7,11,13-14H,8-10,12H2,1-3H3. The Morgan fingerprint density at radius 1 is 1.25 bits per heavy atom. The fraction of sp³-hybridized carbons (Fsp3) is 0.474. The molecule has 1 saturated heterocycles. The molecule has 5 heteroatoms. The van der Waals surface area contributed by atoms with Gasteiger partial charge in [-0.15, -0.1) is 11.3 Å². The molecule has 128 valence electrons. The zero-order chi connectivity index (χ0) is 17.1. The second-order valence-electron chi connectivity index (χ2n) is 6.90. The van der Waals surface area contributed by atoms with E-state index in [1.807, 2.05) is 24.0 Å². The molecule has 0 radical (unpaired) electrons. The molecule has 24 heavy (non-hydrogen) atoms. The van der Waals surface area contributed by atoms with E-state index < -0.39 is 0 Å². The highest BCUT2D eigenvalue weighted by Crippen LogP contribution is 2.26. The Balaban J connectivity index is 1.60. The van der Waals surface area contributed by atoms with Gasteiger partial charge in [-0.3, -0.25) is 4.79 Å². The zero-order valence-corrected chi connectivity index (χ0v) is 16.1. The summed E-state index contributed by atoms with van der Waals surface area (Å²) in [6.45, 7) is 8.24. The van der Waals surface area contributed by atoms with Crippen LogP contribution in [-0.4, -0.2) is 28.9 Å². The minimum Gasteiger partial charge on any atom is -0.338 e. The molecule has 0 N–H and O–H groups in total. The Labute approximate surface area is 152 Å². The number of likely N-dealkylation sites (tertiary alicyclic amines) is 1. The molecular weight excluding hydrogens is 336 g/mol. The Kier molecular flexibility index (Phi) is 5.61. The molecule has 1 fully saturated rings. The average molecular weight is 361 g/mol. The highest BCUT2D eigenvalue weighted by atomic mass is 32.2.